The number of aromatic nitrogens is 3. The van der Waals surface area contributed by atoms with Gasteiger partial charge in [0.2, 0.25) is 0 Å². The van der Waals surface area contributed by atoms with Crippen LogP contribution < -0.4 is 5.69 Å². The van der Waals surface area contributed by atoms with E-state index in [4.69, 9.17) is 12.2 Å². The van der Waals surface area contributed by atoms with Crippen molar-refractivity contribution < 1.29 is 4.21 Å². The third kappa shape index (κ3) is 2.65. The number of aromatic amines is 2. The topological polar surface area (TPSA) is 70.7 Å². The SMILES string of the molecule is CC(CCS(C)=O)n1c(=O)[nH][nH]c1=S. The molecule has 5 nitrogen and oxygen atoms in total. The van der Waals surface area contributed by atoms with Gasteiger partial charge in [-0.1, -0.05) is 0 Å². The van der Waals surface area contributed by atoms with Crippen molar-refractivity contribution in [3.05, 3.63) is 15.3 Å². The Hall–Kier alpha value is -0.690. The van der Waals surface area contributed by atoms with Gasteiger partial charge in [0.25, 0.3) is 0 Å². The molecule has 0 aliphatic heterocycles. The van der Waals surface area contributed by atoms with Gasteiger partial charge in [-0.2, -0.15) is 0 Å². The molecule has 0 aliphatic rings. The predicted molar refractivity (Wildman–Crippen MR) is 58.5 cm³/mol. The fourth-order valence-corrected chi connectivity index (χ4v) is 2.17. The molecule has 80 valence electrons. The molecule has 14 heavy (non-hydrogen) atoms. The molecular formula is C7H13N3O2S2. The zero-order chi connectivity index (χ0) is 10.7. The second kappa shape index (κ2) is 4.70. The molecular weight excluding hydrogens is 222 g/mol. The van der Waals surface area contributed by atoms with Crippen molar-refractivity contribution >= 4 is 23.0 Å². The third-order valence-electron chi connectivity index (χ3n) is 1.98. The highest BCUT2D eigenvalue weighted by Gasteiger charge is 2.09. The first-order chi connectivity index (χ1) is 6.52. The van der Waals surface area contributed by atoms with Gasteiger partial charge in [-0.25, -0.2) is 9.89 Å². The van der Waals surface area contributed by atoms with Gasteiger partial charge in [0, 0.05) is 28.9 Å². The monoisotopic (exact) mass is 235 g/mol. The first-order valence-corrected chi connectivity index (χ1v) is 6.35. The van der Waals surface area contributed by atoms with E-state index in [-0.39, 0.29) is 11.7 Å². The lowest BCUT2D eigenvalue weighted by Gasteiger charge is -2.09. The van der Waals surface area contributed by atoms with Gasteiger partial charge < -0.3 is 0 Å². The van der Waals surface area contributed by atoms with E-state index in [1.165, 1.54) is 4.57 Å². The summed E-state index contributed by atoms with van der Waals surface area (Å²) in [6.07, 6.45) is 2.33. The molecule has 0 amide bonds. The zero-order valence-corrected chi connectivity index (χ0v) is 9.70. The minimum Gasteiger partial charge on any atom is -0.272 e. The van der Waals surface area contributed by atoms with E-state index < -0.39 is 10.8 Å². The number of hydrogen-bond acceptors (Lipinski definition) is 3. The summed E-state index contributed by atoms with van der Waals surface area (Å²) >= 11 is 4.93. The van der Waals surface area contributed by atoms with Crippen LogP contribution >= 0.6 is 12.2 Å². The lowest BCUT2D eigenvalue weighted by Crippen LogP contribution is -2.21. The summed E-state index contributed by atoms with van der Waals surface area (Å²) in [6, 6.07) is -0.0265. The van der Waals surface area contributed by atoms with Crippen LogP contribution in [0.25, 0.3) is 0 Å². The molecule has 0 saturated carbocycles. The van der Waals surface area contributed by atoms with Crippen LogP contribution in [-0.4, -0.2) is 31.0 Å². The van der Waals surface area contributed by atoms with E-state index in [9.17, 15) is 9.00 Å². The van der Waals surface area contributed by atoms with E-state index in [0.717, 1.165) is 0 Å². The van der Waals surface area contributed by atoms with Gasteiger partial charge in [0.15, 0.2) is 4.77 Å². The standard InChI is InChI=1S/C7H13N3O2S2/c1-5(3-4-14(2)12)10-6(11)8-9-7(10)13/h5H,3-4H2,1-2H3,(H,8,11)(H,9,13). The Morgan fingerprint density at radius 2 is 2.21 bits per heavy atom. The summed E-state index contributed by atoms with van der Waals surface area (Å²) < 4.78 is 12.7. The minimum atomic E-state index is -0.831. The molecule has 1 aromatic heterocycles. The van der Waals surface area contributed by atoms with E-state index in [0.29, 0.717) is 16.9 Å². The van der Waals surface area contributed by atoms with Crippen molar-refractivity contribution in [2.75, 3.05) is 12.0 Å². The van der Waals surface area contributed by atoms with Crippen LogP contribution in [-0.2, 0) is 10.8 Å². The largest absolute Gasteiger partial charge is 0.342 e. The van der Waals surface area contributed by atoms with Crippen molar-refractivity contribution in [2.45, 2.75) is 19.4 Å². The quantitative estimate of drug-likeness (QED) is 0.749. The zero-order valence-electron chi connectivity index (χ0n) is 8.07. The molecule has 7 heteroatoms. The third-order valence-corrected chi connectivity index (χ3v) is 3.09. The van der Waals surface area contributed by atoms with Crippen LogP contribution in [0.4, 0.5) is 0 Å². The van der Waals surface area contributed by atoms with E-state index >= 15 is 0 Å². The molecule has 1 aromatic rings. The molecule has 1 rings (SSSR count). The molecule has 0 saturated heterocycles. The lowest BCUT2D eigenvalue weighted by atomic mass is 10.3. The van der Waals surface area contributed by atoms with Crippen molar-refractivity contribution in [2.24, 2.45) is 0 Å². The highest BCUT2D eigenvalue weighted by Crippen LogP contribution is 2.07. The second-order valence-corrected chi connectivity index (χ2v) is 5.09. The first kappa shape index (κ1) is 11.4. The van der Waals surface area contributed by atoms with Crippen LogP contribution in [0.5, 0.6) is 0 Å². The summed E-state index contributed by atoms with van der Waals surface area (Å²) in [5.74, 6) is 0.577. The van der Waals surface area contributed by atoms with Crippen LogP contribution in [0, 0.1) is 4.77 Å². The number of H-pyrrole nitrogens is 2. The normalized spacial score (nSPS) is 15.3. The van der Waals surface area contributed by atoms with Gasteiger partial charge in [0.05, 0.1) is 0 Å². The van der Waals surface area contributed by atoms with E-state index in [1.807, 2.05) is 6.92 Å². The van der Waals surface area contributed by atoms with Gasteiger partial charge >= 0.3 is 5.69 Å². The van der Waals surface area contributed by atoms with E-state index in [2.05, 4.69) is 10.2 Å². The number of nitrogens with zero attached hydrogens (tertiary/aromatic N) is 1. The Morgan fingerprint density at radius 3 is 2.64 bits per heavy atom. The highest BCUT2D eigenvalue weighted by molar-refractivity contribution is 7.84. The Balaban J connectivity index is 2.79. The van der Waals surface area contributed by atoms with Gasteiger partial charge in [0.1, 0.15) is 0 Å². The molecule has 2 atom stereocenters. The molecule has 0 aromatic carbocycles. The Kier molecular flexibility index (Phi) is 3.82. The summed E-state index contributed by atoms with van der Waals surface area (Å²) in [4.78, 5) is 11.3. The maximum absolute atomic E-state index is 11.3. The summed E-state index contributed by atoms with van der Waals surface area (Å²) in [5.41, 5.74) is -0.246. The van der Waals surface area contributed by atoms with Gasteiger partial charge in [-0.15, -0.1) is 0 Å². The average molecular weight is 235 g/mol. The predicted octanol–water partition coefficient (Wildman–Crippen LogP) is 0.564. The van der Waals surface area contributed by atoms with Crippen LogP contribution in [0.3, 0.4) is 0 Å². The molecule has 2 unspecified atom stereocenters. The fraction of sp³-hybridized carbons (Fsp3) is 0.714. The average Bonchev–Trinajstić information content (AvgIpc) is 2.42. The van der Waals surface area contributed by atoms with Crippen LogP contribution in [0.1, 0.15) is 19.4 Å². The Morgan fingerprint density at radius 1 is 1.57 bits per heavy atom. The molecule has 2 N–H and O–H groups in total. The molecule has 0 radical (unpaired) electrons. The number of nitrogens with one attached hydrogen (secondary N) is 2. The first-order valence-electron chi connectivity index (χ1n) is 4.21. The molecule has 0 bridgehead atoms. The van der Waals surface area contributed by atoms with Crippen molar-refractivity contribution in [3.8, 4) is 0 Å². The highest BCUT2D eigenvalue weighted by atomic mass is 32.2. The lowest BCUT2D eigenvalue weighted by molar-refractivity contribution is 0.511. The van der Waals surface area contributed by atoms with Gasteiger partial charge in [-0.3, -0.25) is 13.9 Å². The van der Waals surface area contributed by atoms with E-state index in [1.54, 1.807) is 6.26 Å². The van der Waals surface area contributed by atoms with Gasteiger partial charge in [-0.05, 0) is 25.6 Å². The molecule has 1 heterocycles. The second-order valence-electron chi connectivity index (χ2n) is 3.15. The van der Waals surface area contributed by atoms with Crippen molar-refractivity contribution in [1.82, 2.24) is 14.8 Å². The fourth-order valence-electron chi connectivity index (χ4n) is 1.19. The molecule has 0 spiro atoms. The number of hydrogen-bond donors (Lipinski definition) is 2. The van der Waals surface area contributed by atoms with Crippen LogP contribution in [0.15, 0.2) is 4.79 Å². The Bertz CT molecular complexity index is 403. The minimum absolute atomic E-state index is 0.0265. The smallest absolute Gasteiger partial charge is 0.272 e. The maximum Gasteiger partial charge on any atom is 0.342 e. The summed E-state index contributed by atoms with van der Waals surface area (Å²) in [5, 5.41) is 4.98. The number of rotatable bonds is 4. The molecule has 0 fully saturated rings. The summed E-state index contributed by atoms with van der Waals surface area (Å²) in [7, 11) is -0.831. The van der Waals surface area contributed by atoms with Crippen LogP contribution in [0.2, 0.25) is 0 Å². The van der Waals surface area contributed by atoms with Crippen molar-refractivity contribution in [3.63, 3.8) is 0 Å². The van der Waals surface area contributed by atoms with Crippen molar-refractivity contribution in [1.29, 1.82) is 0 Å². The Labute approximate surface area is 89.0 Å². The summed E-state index contributed by atoms with van der Waals surface area (Å²) in [6.45, 7) is 1.88. The molecule has 0 aliphatic carbocycles. The maximum atomic E-state index is 11.3.